The van der Waals surface area contributed by atoms with E-state index in [4.69, 9.17) is 9.26 Å². The third-order valence-electron chi connectivity index (χ3n) is 5.54. The molecule has 0 atom stereocenters. The predicted octanol–water partition coefficient (Wildman–Crippen LogP) is 2.86. The van der Waals surface area contributed by atoms with Gasteiger partial charge in [0, 0.05) is 38.4 Å². The number of aromatic nitrogens is 3. The molecule has 7 heteroatoms. The average Bonchev–Trinajstić information content (AvgIpc) is 3.36. The maximum absolute atomic E-state index is 12.9. The van der Waals surface area contributed by atoms with E-state index in [2.05, 4.69) is 40.7 Å². The summed E-state index contributed by atoms with van der Waals surface area (Å²) in [7, 11) is 1.82. The van der Waals surface area contributed by atoms with Crippen LogP contribution in [0.2, 0.25) is 0 Å². The minimum absolute atomic E-state index is 0.134. The molecule has 1 aliphatic heterocycles. The molecule has 0 saturated carbocycles. The molecule has 1 amide bonds. The molecule has 0 radical (unpaired) electrons. The number of rotatable bonds is 5. The highest BCUT2D eigenvalue weighted by Crippen LogP contribution is 2.36. The Kier molecular flexibility index (Phi) is 5.00. The summed E-state index contributed by atoms with van der Waals surface area (Å²) in [6.45, 7) is 4.05. The fourth-order valence-corrected chi connectivity index (χ4v) is 3.96. The lowest BCUT2D eigenvalue weighted by Crippen LogP contribution is -2.45. The van der Waals surface area contributed by atoms with Gasteiger partial charge in [0.15, 0.2) is 5.76 Å². The molecule has 146 valence electrons. The molecule has 1 saturated heterocycles. The smallest absolute Gasteiger partial charge is 0.256 e. The van der Waals surface area contributed by atoms with Crippen LogP contribution in [0.25, 0.3) is 11.3 Å². The number of hydrogen-bond acceptors (Lipinski definition) is 5. The van der Waals surface area contributed by atoms with Gasteiger partial charge in [0.05, 0.1) is 18.0 Å². The van der Waals surface area contributed by atoms with Gasteiger partial charge in [0.1, 0.15) is 5.56 Å². The zero-order valence-electron chi connectivity index (χ0n) is 16.1. The molecular formula is C21H24N4O3. The summed E-state index contributed by atoms with van der Waals surface area (Å²) in [5.41, 5.74) is 3.52. The molecule has 3 heterocycles. The van der Waals surface area contributed by atoms with Crippen molar-refractivity contribution in [2.75, 3.05) is 19.8 Å². The fraction of sp³-hybridized carbons (Fsp3) is 0.381. The first kappa shape index (κ1) is 18.4. The van der Waals surface area contributed by atoms with Gasteiger partial charge in [-0.3, -0.25) is 9.48 Å². The second kappa shape index (κ2) is 7.59. The quantitative estimate of drug-likeness (QED) is 0.736. The van der Waals surface area contributed by atoms with Gasteiger partial charge in [0.2, 0.25) is 0 Å². The van der Waals surface area contributed by atoms with Crippen molar-refractivity contribution in [1.29, 1.82) is 0 Å². The van der Waals surface area contributed by atoms with Crippen LogP contribution in [-0.4, -0.2) is 40.6 Å². The van der Waals surface area contributed by atoms with Crippen molar-refractivity contribution in [3.63, 3.8) is 0 Å². The molecule has 0 spiro atoms. The van der Waals surface area contributed by atoms with Gasteiger partial charge in [-0.1, -0.05) is 29.4 Å². The highest BCUT2D eigenvalue weighted by Gasteiger charge is 2.36. The second-order valence-corrected chi connectivity index (χ2v) is 7.36. The van der Waals surface area contributed by atoms with Gasteiger partial charge in [-0.2, -0.15) is 5.10 Å². The summed E-state index contributed by atoms with van der Waals surface area (Å²) in [4.78, 5) is 12.9. The monoisotopic (exact) mass is 380 g/mol. The zero-order valence-corrected chi connectivity index (χ0v) is 16.1. The van der Waals surface area contributed by atoms with Crippen LogP contribution in [0.15, 0.2) is 47.4 Å². The van der Waals surface area contributed by atoms with E-state index in [1.165, 1.54) is 17.3 Å². The van der Waals surface area contributed by atoms with Crippen LogP contribution in [0.4, 0.5) is 0 Å². The molecule has 3 aromatic rings. The molecule has 28 heavy (non-hydrogen) atoms. The largest absolute Gasteiger partial charge is 0.381 e. The molecule has 1 fully saturated rings. The molecular weight excluding hydrogens is 356 g/mol. The van der Waals surface area contributed by atoms with Crippen LogP contribution < -0.4 is 5.32 Å². The van der Waals surface area contributed by atoms with Crippen LogP contribution in [0.3, 0.4) is 0 Å². The van der Waals surface area contributed by atoms with Gasteiger partial charge in [-0.05, 0) is 30.9 Å². The normalized spacial score (nSPS) is 16.1. The van der Waals surface area contributed by atoms with E-state index >= 15 is 0 Å². The van der Waals surface area contributed by atoms with E-state index in [1.54, 1.807) is 17.1 Å². The SMILES string of the molecule is Cc1ccccc1C1(CNC(=O)c2cnoc2-c2cnn(C)c2)CCOCC1. The van der Waals surface area contributed by atoms with E-state index in [-0.39, 0.29) is 11.3 Å². The molecule has 7 nitrogen and oxygen atoms in total. The maximum atomic E-state index is 12.9. The standard InChI is InChI=1S/C21H24N4O3/c1-15-5-3-4-6-18(15)21(7-9-27-10-8-21)14-22-20(26)17-12-24-28-19(17)16-11-23-25(2)13-16/h3-6,11-13H,7-10,14H2,1-2H3,(H,22,26). The number of amides is 1. The van der Waals surface area contributed by atoms with E-state index in [1.807, 2.05) is 13.1 Å². The Hall–Kier alpha value is -2.93. The summed E-state index contributed by atoms with van der Waals surface area (Å²) in [6.07, 6.45) is 6.66. The average molecular weight is 380 g/mol. The Balaban J connectivity index is 1.56. The van der Waals surface area contributed by atoms with Crippen LogP contribution in [0.5, 0.6) is 0 Å². The molecule has 0 bridgehead atoms. The Morgan fingerprint density at radius 2 is 2.04 bits per heavy atom. The van der Waals surface area contributed by atoms with Gasteiger partial charge in [0.25, 0.3) is 5.91 Å². The third-order valence-corrected chi connectivity index (χ3v) is 5.54. The van der Waals surface area contributed by atoms with Crippen molar-refractivity contribution in [2.45, 2.75) is 25.2 Å². The highest BCUT2D eigenvalue weighted by molar-refractivity contribution is 5.99. The number of hydrogen-bond donors (Lipinski definition) is 1. The molecule has 2 aromatic heterocycles. The Morgan fingerprint density at radius 1 is 1.25 bits per heavy atom. The number of nitrogens with zero attached hydrogens (tertiary/aromatic N) is 3. The van der Waals surface area contributed by atoms with Crippen molar-refractivity contribution >= 4 is 5.91 Å². The number of ether oxygens (including phenoxy) is 1. The van der Waals surface area contributed by atoms with Crippen LogP contribution >= 0.6 is 0 Å². The molecule has 4 rings (SSSR count). The Labute approximate surface area is 163 Å². The first-order valence-corrected chi connectivity index (χ1v) is 9.45. The van der Waals surface area contributed by atoms with E-state index in [0.717, 1.165) is 18.4 Å². The molecule has 1 aliphatic rings. The van der Waals surface area contributed by atoms with Gasteiger partial charge in [-0.25, -0.2) is 0 Å². The van der Waals surface area contributed by atoms with Crippen LogP contribution in [0.1, 0.15) is 34.3 Å². The summed E-state index contributed by atoms with van der Waals surface area (Å²) in [5, 5.41) is 11.1. The van der Waals surface area contributed by atoms with Crippen molar-refractivity contribution in [3.05, 3.63) is 59.5 Å². The fourth-order valence-electron chi connectivity index (χ4n) is 3.96. The summed E-state index contributed by atoms with van der Waals surface area (Å²) >= 11 is 0. The first-order valence-electron chi connectivity index (χ1n) is 9.45. The number of aryl methyl sites for hydroxylation is 2. The van der Waals surface area contributed by atoms with E-state index in [9.17, 15) is 4.79 Å². The van der Waals surface area contributed by atoms with E-state index < -0.39 is 0 Å². The molecule has 0 aliphatic carbocycles. The molecule has 1 N–H and O–H groups in total. The van der Waals surface area contributed by atoms with Crippen LogP contribution in [0, 0.1) is 6.92 Å². The molecule has 0 unspecified atom stereocenters. The second-order valence-electron chi connectivity index (χ2n) is 7.36. The Morgan fingerprint density at radius 3 is 2.75 bits per heavy atom. The number of benzene rings is 1. The number of carbonyl (C=O) groups is 1. The maximum Gasteiger partial charge on any atom is 0.256 e. The van der Waals surface area contributed by atoms with Crippen molar-refractivity contribution in [1.82, 2.24) is 20.3 Å². The lowest BCUT2D eigenvalue weighted by atomic mass is 9.72. The zero-order chi connectivity index (χ0) is 19.6. The number of nitrogens with one attached hydrogen (secondary N) is 1. The predicted molar refractivity (Wildman–Crippen MR) is 104 cm³/mol. The van der Waals surface area contributed by atoms with Gasteiger partial charge < -0.3 is 14.6 Å². The van der Waals surface area contributed by atoms with Gasteiger partial charge >= 0.3 is 0 Å². The Bertz CT molecular complexity index is 969. The topological polar surface area (TPSA) is 82.2 Å². The van der Waals surface area contributed by atoms with Gasteiger partial charge in [-0.15, -0.1) is 0 Å². The summed E-state index contributed by atoms with van der Waals surface area (Å²) in [5.74, 6) is 0.238. The minimum Gasteiger partial charge on any atom is -0.381 e. The highest BCUT2D eigenvalue weighted by atomic mass is 16.5. The summed E-state index contributed by atoms with van der Waals surface area (Å²) < 4.78 is 12.6. The molecule has 1 aromatic carbocycles. The lowest BCUT2D eigenvalue weighted by molar-refractivity contribution is 0.0485. The van der Waals surface area contributed by atoms with Crippen LogP contribution in [-0.2, 0) is 17.2 Å². The van der Waals surface area contributed by atoms with E-state index in [0.29, 0.717) is 31.1 Å². The summed E-state index contributed by atoms with van der Waals surface area (Å²) in [6, 6.07) is 8.38. The van der Waals surface area contributed by atoms with Crippen molar-refractivity contribution in [3.8, 4) is 11.3 Å². The third kappa shape index (κ3) is 3.45. The first-order chi connectivity index (χ1) is 13.6. The van der Waals surface area contributed by atoms with Crippen molar-refractivity contribution in [2.24, 2.45) is 7.05 Å². The lowest BCUT2D eigenvalue weighted by Gasteiger charge is -2.39. The van der Waals surface area contributed by atoms with Crippen molar-refractivity contribution < 1.29 is 14.1 Å². The number of carbonyl (C=O) groups excluding carboxylic acids is 1. The minimum atomic E-state index is -0.195.